The number of benzene rings is 1. The molecular formula is C18H23NO4S2. The van der Waals surface area contributed by atoms with Crippen LogP contribution in [0.1, 0.15) is 42.4 Å². The highest BCUT2D eigenvalue weighted by Gasteiger charge is 2.21. The summed E-state index contributed by atoms with van der Waals surface area (Å²) in [6.07, 6.45) is 0.854. The highest BCUT2D eigenvalue weighted by molar-refractivity contribution is 7.87. The van der Waals surface area contributed by atoms with Gasteiger partial charge in [0.05, 0.1) is 10.6 Å². The van der Waals surface area contributed by atoms with Gasteiger partial charge in [-0.1, -0.05) is 25.1 Å². The fourth-order valence-electron chi connectivity index (χ4n) is 2.24. The molecule has 136 valence electrons. The van der Waals surface area contributed by atoms with Gasteiger partial charge in [-0.2, -0.15) is 8.42 Å². The molecular weight excluding hydrogens is 358 g/mol. The van der Waals surface area contributed by atoms with E-state index in [2.05, 4.69) is 0 Å². The molecule has 1 aromatic heterocycles. The lowest BCUT2D eigenvalue weighted by Crippen LogP contribution is -2.37. The lowest BCUT2D eigenvalue weighted by molar-refractivity contribution is 0.0676. The summed E-state index contributed by atoms with van der Waals surface area (Å²) >= 11 is 1.43. The summed E-state index contributed by atoms with van der Waals surface area (Å²) in [5, 5.41) is 1.89. The molecule has 0 radical (unpaired) electrons. The van der Waals surface area contributed by atoms with E-state index in [0.717, 1.165) is 12.0 Å². The Hall–Kier alpha value is -1.86. The lowest BCUT2D eigenvalue weighted by Gasteiger charge is -2.28. The monoisotopic (exact) mass is 381 g/mol. The zero-order valence-corrected chi connectivity index (χ0v) is 16.3. The number of thiophene rings is 1. The van der Waals surface area contributed by atoms with Crippen LogP contribution in [0.3, 0.4) is 0 Å². The van der Waals surface area contributed by atoms with Gasteiger partial charge >= 0.3 is 10.1 Å². The molecule has 1 aromatic carbocycles. The smallest absolute Gasteiger partial charge is 0.308 e. The van der Waals surface area contributed by atoms with E-state index in [9.17, 15) is 13.2 Å². The molecule has 1 atom stereocenters. The Morgan fingerprint density at radius 1 is 1.20 bits per heavy atom. The molecule has 0 bridgehead atoms. The Morgan fingerprint density at radius 3 is 2.40 bits per heavy atom. The summed E-state index contributed by atoms with van der Waals surface area (Å²) in [4.78, 5) is 15.3. The third kappa shape index (κ3) is 5.31. The Balaban J connectivity index is 2.15. The van der Waals surface area contributed by atoms with Crippen molar-refractivity contribution in [3.8, 4) is 5.75 Å². The minimum atomic E-state index is -3.53. The Bertz CT molecular complexity index is 783. The SMILES string of the molecule is CC[C@@H](C)N(Cc1ccc(OS(=O)(=O)CC)cc1)C(=O)c1cccs1. The van der Waals surface area contributed by atoms with E-state index < -0.39 is 10.1 Å². The molecule has 1 heterocycles. The fraction of sp³-hybridized carbons (Fsp3) is 0.389. The Labute approximate surface area is 153 Å². The quantitative estimate of drug-likeness (QED) is 0.650. The minimum absolute atomic E-state index is 0.0123. The van der Waals surface area contributed by atoms with Crippen molar-refractivity contribution in [2.75, 3.05) is 5.75 Å². The van der Waals surface area contributed by atoms with Gasteiger partial charge in [-0.25, -0.2) is 0 Å². The molecule has 7 heteroatoms. The zero-order chi connectivity index (χ0) is 18.4. The molecule has 0 unspecified atom stereocenters. The van der Waals surface area contributed by atoms with Crippen LogP contribution in [0.15, 0.2) is 41.8 Å². The second-order valence-electron chi connectivity index (χ2n) is 5.74. The van der Waals surface area contributed by atoms with E-state index in [1.54, 1.807) is 24.3 Å². The molecule has 0 aliphatic rings. The summed E-state index contributed by atoms with van der Waals surface area (Å²) in [7, 11) is -3.53. The normalized spacial score (nSPS) is 12.6. The van der Waals surface area contributed by atoms with E-state index in [0.29, 0.717) is 11.4 Å². The van der Waals surface area contributed by atoms with E-state index in [1.165, 1.54) is 18.3 Å². The first kappa shape index (κ1) is 19.5. The van der Waals surface area contributed by atoms with Crippen LogP contribution in [0, 0.1) is 0 Å². The van der Waals surface area contributed by atoms with Crippen molar-refractivity contribution < 1.29 is 17.4 Å². The maximum atomic E-state index is 12.7. The summed E-state index contributed by atoms with van der Waals surface area (Å²) in [6.45, 7) is 6.07. The molecule has 0 N–H and O–H groups in total. The molecule has 0 spiro atoms. The van der Waals surface area contributed by atoms with E-state index in [4.69, 9.17) is 4.18 Å². The van der Waals surface area contributed by atoms with Crippen molar-refractivity contribution in [3.05, 3.63) is 52.2 Å². The van der Waals surface area contributed by atoms with Crippen LogP contribution < -0.4 is 4.18 Å². The number of rotatable bonds is 8. The zero-order valence-electron chi connectivity index (χ0n) is 14.6. The topological polar surface area (TPSA) is 63.7 Å². The van der Waals surface area contributed by atoms with Crippen LogP contribution in [0.5, 0.6) is 5.75 Å². The summed E-state index contributed by atoms with van der Waals surface area (Å²) in [6, 6.07) is 10.6. The number of hydrogen-bond donors (Lipinski definition) is 0. The second kappa shape index (κ2) is 8.49. The van der Waals surface area contributed by atoms with Crippen LogP contribution in [0.4, 0.5) is 0 Å². The second-order valence-corrected chi connectivity index (χ2v) is 8.55. The van der Waals surface area contributed by atoms with Gasteiger partial charge in [-0.15, -0.1) is 11.3 Å². The lowest BCUT2D eigenvalue weighted by atomic mass is 10.1. The first-order valence-corrected chi connectivity index (χ1v) is 10.7. The van der Waals surface area contributed by atoms with Gasteiger partial charge in [0.2, 0.25) is 0 Å². The maximum Gasteiger partial charge on any atom is 0.308 e. The van der Waals surface area contributed by atoms with Gasteiger partial charge in [-0.05, 0) is 49.4 Å². The van der Waals surface area contributed by atoms with Gasteiger partial charge in [0.15, 0.2) is 0 Å². The van der Waals surface area contributed by atoms with Crippen molar-refractivity contribution >= 4 is 27.4 Å². The Morgan fingerprint density at radius 2 is 1.88 bits per heavy atom. The predicted molar refractivity (Wildman–Crippen MR) is 100 cm³/mol. The van der Waals surface area contributed by atoms with E-state index in [-0.39, 0.29) is 23.5 Å². The number of hydrogen-bond acceptors (Lipinski definition) is 5. The third-order valence-corrected chi connectivity index (χ3v) is 5.98. The van der Waals surface area contributed by atoms with Crippen molar-refractivity contribution in [1.82, 2.24) is 4.90 Å². The molecule has 2 aromatic rings. The van der Waals surface area contributed by atoms with Gasteiger partial charge in [0, 0.05) is 12.6 Å². The van der Waals surface area contributed by atoms with Gasteiger partial charge in [0.1, 0.15) is 5.75 Å². The molecule has 5 nitrogen and oxygen atoms in total. The van der Waals surface area contributed by atoms with Crippen LogP contribution in [-0.4, -0.2) is 31.0 Å². The molecule has 0 saturated carbocycles. The number of carbonyl (C=O) groups excluding carboxylic acids is 1. The number of amides is 1. The van der Waals surface area contributed by atoms with E-state index in [1.807, 2.05) is 36.3 Å². The maximum absolute atomic E-state index is 12.7. The first-order valence-electron chi connectivity index (χ1n) is 8.21. The fourth-order valence-corrected chi connectivity index (χ4v) is 3.44. The molecule has 0 aliphatic heterocycles. The molecule has 1 amide bonds. The summed E-state index contributed by atoms with van der Waals surface area (Å²) in [5.41, 5.74) is 0.923. The van der Waals surface area contributed by atoms with E-state index >= 15 is 0 Å². The average Bonchev–Trinajstić information content (AvgIpc) is 3.14. The highest BCUT2D eigenvalue weighted by Crippen LogP contribution is 2.20. The van der Waals surface area contributed by atoms with Crippen molar-refractivity contribution in [2.24, 2.45) is 0 Å². The molecule has 0 aliphatic carbocycles. The minimum Gasteiger partial charge on any atom is -0.382 e. The molecule has 0 fully saturated rings. The van der Waals surface area contributed by atoms with Crippen LogP contribution >= 0.6 is 11.3 Å². The molecule has 2 rings (SSSR count). The Kier molecular flexibility index (Phi) is 6.61. The predicted octanol–water partition coefficient (Wildman–Crippen LogP) is 3.92. The van der Waals surface area contributed by atoms with Crippen molar-refractivity contribution in [3.63, 3.8) is 0 Å². The van der Waals surface area contributed by atoms with Gasteiger partial charge in [-0.3, -0.25) is 4.79 Å². The van der Waals surface area contributed by atoms with Crippen LogP contribution in [0.25, 0.3) is 0 Å². The van der Waals surface area contributed by atoms with Crippen LogP contribution in [0.2, 0.25) is 0 Å². The highest BCUT2D eigenvalue weighted by atomic mass is 32.2. The van der Waals surface area contributed by atoms with Crippen LogP contribution in [-0.2, 0) is 16.7 Å². The van der Waals surface area contributed by atoms with Gasteiger partial charge in [0.25, 0.3) is 5.91 Å². The largest absolute Gasteiger partial charge is 0.382 e. The van der Waals surface area contributed by atoms with Crippen molar-refractivity contribution in [1.29, 1.82) is 0 Å². The summed E-state index contributed by atoms with van der Waals surface area (Å²) < 4.78 is 28.0. The molecule has 0 saturated heterocycles. The first-order chi connectivity index (χ1) is 11.9. The van der Waals surface area contributed by atoms with Crippen molar-refractivity contribution in [2.45, 2.75) is 39.8 Å². The van der Waals surface area contributed by atoms with Gasteiger partial charge < -0.3 is 9.08 Å². The summed E-state index contributed by atoms with van der Waals surface area (Å²) in [5.74, 6) is 0.217. The molecule has 25 heavy (non-hydrogen) atoms. The standard InChI is InChI=1S/C18H23NO4S2/c1-4-14(3)19(18(20)17-7-6-12-24-17)13-15-8-10-16(11-9-15)23-25(21,22)5-2/h6-12,14H,4-5,13H2,1-3H3/t14-/m1/s1. The number of carbonyl (C=O) groups is 1. The number of nitrogens with zero attached hydrogens (tertiary/aromatic N) is 1. The average molecular weight is 382 g/mol. The third-order valence-electron chi connectivity index (χ3n) is 3.97.